The molecule has 0 atom stereocenters. The molecular formula is C97H105NO2. The van der Waals surface area contributed by atoms with E-state index in [9.17, 15) is 0 Å². The van der Waals surface area contributed by atoms with Gasteiger partial charge in [-0.2, -0.15) is 0 Å². The molecule has 0 bridgehead atoms. The molecule has 3 nitrogen and oxygen atoms in total. The third-order valence-corrected chi connectivity index (χ3v) is 25.1. The number of anilines is 3. The molecule has 0 saturated carbocycles. The van der Waals surface area contributed by atoms with Crippen molar-refractivity contribution in [3.05, 3.63) is 232 Å². The Hall–Kier alpha value is -8.40. The van der Waals surface area contributed by atoms with Crippen LogP contribution in [0, 0.1) is 6.92 Å². The highest BCUT2D eigenvalue weighted by Crippen LogP contribution is 2.68. The molecule has 10 aromatic carbocycles. The maximum absolute atomic E-state index is 7.58. The van der Waals surface area contributed by atoms with Crippen LogP contribution in [-0.2, 0) is 21.7 Å². The van der Waals surface area contributed by atoms with E-state index in [0.717, 1.165) is 40.7 Å². The van der Waals surface area contributed by atoms with Gasteiger partial charge < -0.3 is 13.7 Å². The molecule has 100 heavy (non-hydrogen) atoms. The molecule has 0 fully saturated rings. The van der Waals surface area contributed by atoms with Gasteiger partial charge in [-0.15, -0.1) is 0 Å². The molecule has 12 aromatic rings. The third kappa shape index (κ3) is 10.6. The summed E-state index contributed by atoms with van der Waals surface area (Å²) in [6.07, 6.45) is 29.8. The van der Waals surface area contributed by atoms with Crippen LogP contribution in [0.5, 0.6) is 0 Å². The number of rotatable bonds is 28. The lowest BCUT2D eigenvalue weighted by Gasteiger charge is -2.40. The Balaban J connectivity index is 0.917. The SMILES string of the molecule is CCCCCCCC1(CCCCCCC)c2ccccc2-c2c1c1c(c3c2oc2ccccc23)-c2ccc(N(c3ccc4c(c3)C(C)(C)c3cc(-c5ccc6c(c5)C(C)(C)c5ccccc5-6)c5oc6ccccc6c5c3-4)c3ccccc3C)cc2C1(CCCCCCC)CCCCCCC. The fourth-order valence-corrected chi connectivity index (χ4v) is 20.1. The van der Waals surface area contributed by atoms with Gasteiger partial charge in [0.05, 0.1) is 0 Å². The first-order valence-corrected chi connectivity index (χ1v) is 39.4. The summed E-state index contributed by atoms with van der Waals surface area (Å²) in [7, 11) is 0. The molecule has 510 valence electrons. The van der Waals surface area contributed by atoms with Crippen LogP contribution in [0.3, 0.4) is 0 Å². The summed E-state index contributed by atoms with van der Waals surface area (Å²) in [6, 6.07) is 71.0. The highest BCUT2D eigenvalue weighted by molar-refractivity contribution is 6.22. The zero-order chi connectivity index (χ0) is 68.5. The Morgan fingerprint density at radius 1 is 0.320 bits per heavy atom. The smallest absolute Gasteiger partial charge is 0.144 e. The molecule has 4 aliphatic carbocycles. The van der Waals surface area contributed by atoms with E-state index in [1.54, 1.807) is 16.7 Å². The van der Waals surface area contributed by atoms with E-state index in [-0.39, 0.29) is 21.7 Å². The molecule has 16 rings (SSSR count). The zero-order valence-corrected chi connectivity index (χ0v) is 61.6. The summed E-state index contributed by atoms with van der Waals surface area (Å²) in [5.74, 6) is 0. The molecule has 2 heterocycles. The van der Waals surface area contributed by atoms with E-state index in [2.05, 4.69) is 249 Å². The maximum atomic E-state index is 7.58. The predicted molar refractivity (Wildman–Crippen MR) is 427 cm³/mol. The van der Waals surface area contributed by atoms with Gasteiger partial charge in [0.1, 0.15) is 22.3 Å². The molecule has 3 heteroatoms. The van der Waals surface area contributed by atoms with Gasteiger partial charge in [-0.1, -0.05) is 311 Å². The first kappa shape index (κ1) is 66.2. The lowest BCUT2D eigenvalue weighted by atomic mass is 9.62. The molecular weight excluding hydrogens is 1210 g/mol. The van der Waals surface area contributed by atoms with Crippen molar-refractivity contribution in [2.24, 2.45) is 0 Å². The van der Waals surface area contributed by atoms with Crippen molar-refractivity contribution in [2.45, 2.75) is 238 Å². The first-order chi connectivity index (χ1) is 48.9. The van der Waals surface area contributed by atoms with Gasteiger partial charge in [0, 0.05) is 71.4 Å². The van der Waals surface area contributed by atoms with Gasteiger partial charge in [-0.05, 0) is 182 Å². The Bertz CT molecular complexity index is 5050. The number of para-hydroxylation sites is 3. The average molecular weight is 1320 g/mol. The van der Waals surface area contributed by atoms with Crippen LogP contribution in [0.15, 0.2) is 191 Å². The summed E-state index contributed by atoms with van der Waals surface area (Å²) in [5.41, 5.74) is 33.3. The van der Waals surface area contributed by atoms with Crippen molar-refractivity contribution in [3.8, 4) is 55.6 Å². The van der Waals surface area contributed by atoms with Crippen LogP contribution < -0.4 is 4.90 Å². The topological polar surface area (TPSA) is 29.5 Å². The number of furan rings is 2. The minimum absolute atomic E-state index is 0.131. The van der Waals surface area contributed by atoms with E-state index in [1.807, 2.05) is 0 Å². The molecule has 0 radical (unpaired) electrons. The summed E-state index contributed by atoms with van der Waals surface area (Å²) < 4.78 is 14.7. The van der Waals surface area contributed by atoms with E-state index < -0.39 is 0 Å². The van der Waals surface area contributed by atoms with Crippen LogP contribution in [0.2, 0.25) is 0 Å². The number of aryl methyl sites for hydroxylation is 1. The summed E-state index contributed by atoms with van der Waals surface area (Å²) in [5, 5.41) is 4.97. The number of hydrogen-bond acceptors (Lipinski definition) is 3. The Labute approximate surface area is 596 Å². The van der Waals surface area contributed by atoms with Crippen LogP contribution in [-0.4, -0.2) is 0 Å². The molecule has 2 aromatic heterocycles. The van der Waals surface area contributed by atoms with Crippen LogP contribution in [0.4, 0.5) is 17.1 Å². The quantitative estimate of drug-likeness (QED) is 0.0458. The Morgan fingerprint density at radius 2 is 0.750 bits per heavy atom. The van der Waals surface area contributed by atoms with E-state index in [0.29, 0.717) is 0 Å². The van der Waals surface area contributed by atoms with Crippen LogP contribution in [0.25, 0.3) is 99.5 Å². The molecule has 0 N–H and O–H groups in total. The normalized spacial score (nSPS) is 15.1. The molecule has 0 amide bonds. The minimum atomic E-state index is -0.356. The second-order valence-corrected chi connectivity index (χ2v) is 32.0. The zero-order valence-electron chi connectivity index (χ0n) is 61.6. The van der Waals surface area contributed by atoms with Crippen molar-refractivity contribution in [1.82, 2.24) is 0 Å². The van der Waals surface area contributed by atoms with Crippen molar-refractivity contribution in [2.75, 3.05) is 4.90 Å². The molecule has 0 saturated heterocycles. The molecule has 0 aliphatic heterocycles. The van der Waals surface area contributed by atoms with Crippen LogP contribution in [0.1, 0.15) is 260 Å². The fraction of sp³-hybridized carbons (Fsp3) is 0.381. The number of benzene rings is 10. The van der Waals surface area contributed by atoms with Gasteiger partial charge >= 0.3 is 0 Å². The second-order valence-electron chi connectivity index (χ2n) is 32.0. The van der Waals surface area contributed by atoms with Gasteiger partial charge in [0.15, 0.2) is 0 Å². The number of hydrogen-bond donors (Lipinski definition) is 0. The monoisotopic (exact) mass is 1320 g/mol. The van der Waals surface area contributed by atoms with Gasteiger partial charge in [-0.25, -0.2) is 0 Å². The Kier molecular flexibility index (Phi) is 17.8. The third-order valence-electron chi connectivity index (χ3n) is 25.1. The molecule has 0 spiro atoms. The first-order valence-electron chi connectivity index (χ1n) is 39.4. The summed E-state index contributed by atoms with van der Waals surface area (Å²) in [6.45, 7) is 21.6. The van der Waals surface area contributed by atoms with Crippen LogP contribution >= 0.6 is 0 Å². The summed E-state index contributed by atoms with van der Waals surface area (Å²) in [4.78, 5) is 2.66. The fourth-order valence-electron chi connectivity index (χ4n) is 20.1. The lowest BCUT2D eigenvalue weighted by Crippen LogP contribution is -2.33. The second kappa shape index (κ2) is 26.8. The lowest BCUT2D eigenvalue weighted by molar-refractivity contribution is 0.369. The highest BCUT2D eigenvalue weighted by atomic mass is 16.3. The largest absolute Gasteiger partial charge is 0.455 e. The van der Waals surface area contributed by atoms with Gasteiger partial charge in [0.2, 0.25) is 0 Å². The number of unbranched alkanes of at least 4 members (excludes halogenated alkanes) is 16. The van der Waals surface area contributed by atoms with Gasteiger partial charge in [0.25, 0.3) is 0 Å². The minimum Gasteiger partial charge on any atom is -0.455 e. The standard InChI is InChI=1S/C97H105NO2/c1-10-14-18-22-36-56-96(57-37-23-19-15-11-2)77-46-32-28-42-70(77)89-91(96)90-86(88-74-44-30-35-49-84(74)100-93(88)89)72-55-52-67(62-80(72)97(90,58-38-24-20-16-12-3)59-39-25-21-17-13-4)98(82-47-33-26-40-64(82)5)66-51-54-71-79(61-66)95(8,9)81-63-75(92-87(85(71)81)73-43-29-34-48-83(73)99-92)65-50-53-69-68-41-27-31-45-76(68)94(6,7)78(69)60-65/h26-35,40-55,60-63H,10-25,36-39,56-59H2,1-9H3. The van der Waals surface area contributed by atoms with Crippen molar-refractivity contribution >= 4 is 60.9 Å². The van der Waals surface area contributed by atoms with Gasteiger partial charge in [-0.3, -0.25) is 0 Å². The Morgan fingerprint density at radius 3 is 1.35 bits per heavy atom. The molecule has 0 unspecified atom stereocenters. The summed E-state index contributed by atoms with van der Waals surface area (Å²) >= 11 is 0. The van der Waals surface area contributed by atoms with Crippen molar-refractivity contribution < 1.29 is 8.83 Å². The average Bonchev–Trinajstić information content (AvgIpc) is 1.50. The number of nitrogens with zero attached hydrogens (tertiary/aromatic N) is 1. The predicted octanol–water partition coefficient (Wildman–Crippen LogP) is 29.5. The van der Waals surface area contributed by atoms with Crippen molar-refractivity contribution in [1.29, 1.82) is 0 Å². The number of fused-ring (bicyclic) bond motifs is 22. The van der Waals surface area contributed by atoms with E-state index >= 15 is 0 Å². The van der Waals surface area contributed by atoms with E-state index in [1.165, 1.54) is 263 Å². The maximum Gasteiger partial charge on any atom is 0.144 e. The molecule has 4 aliphatic rings. The highest BCUT2D eigenvalue weighted by Gasteiger charge is 2.54. The van der Waals surface area contributed by atoms with E-state index in [4.69, 9.17) is 8.83 Å². The van der Waals surface area contributed by atoms with Crippen molar-refractivity contribution in [3.63, 3.8) is 0 Å².